The van der Waals surface area contributed by atoms with Gasteiger partial charge in [-0.05, 0) is 43.5 Å². The normalized spacial score (nSPS) is 11.9. The largest absolute Gasteiger partial charge is 0.483 e. The van der Waals surface area contributed by atoms with Crippen molar-refractivity contribution in [3.63, 3.8) is 0 Å². The summed E-state index contributed by atoms with van der Waals surface area (Å²) in [5.41, 5.74) is 0.661. The van der Waals surface area contributed by atoms with Gasteiger partial charge in [0, 0.05) is 18.7 Å². The maximum absolute atomic E-state index is 13.9. The molecule has 1 heterocycles. The average molecular weight is 488 g/mol. The number of nitrogens with one attached hydrogen (secondary N) is 1. The second-order valence-electron chi connectivity index (χ2n) is 7.83. The Bertz CT molecular complexity index is 1170. The van der Waals surface area contributed by atoms with Crippen LogP contribution in [0.25, 0.3) is 0 Å². The zero-order valence-corrected chi connectivity index (χ0v) is 20.1. The highest BCUT2D eigenvalue weighted by molar-refractivity contribution is 7.99. The molecule has 9 nitrogen and oxygen atoms in total. The molecule has 2 aromatic carbocycles. The predicted octanol–water partition coefficient (Wildman–Crippen LogP) is 5.34. The molecule has 0 saturated heterocycles. The molecule has 1 aromatic heterocycles. The summed E-state index contributed by atoms with van der Waals surface area (Å²) in [7, 11) is 0. The van der Waals surface area contributed by atoms with Crippen molar-refractivity contribution in [2.24, 2.45) is 0 Å². The van der Waals surface area contributed by atoms with Crippen molar-refractivity contribution < 1.29 is 18.8 Å². The number of nitro benzene ring substituents is 1. The number of halogens is 1. The van der Waals surface area contributed by atoms with Gasteiger partial charge in [-0.25, -0.2) is 4.39 Å². The number of anilines is 1. The van der Waals surface area contributed by atoms with E-state index in [0.717, 1.165) is 35.7 Å². The molecule has 0 aliphatic carbocycles. The number of carbonyl (C=O) groups is 1. The van der Waals surface area contributed by atoms with E-state index in [4.69, 9.17) is 4.74 Å². The second-order valence-corrected chi connectivity index (χ2v) is 8.77. The van der Waals surface area contributed by atoms with Gasteiger partial charge in [0.1, 0.15) is 11.6 Å². The van der Waals surface area contributed by atoms with E-state index in [1.165, 1.54) is 5.56 Å². The molecule has 11 heteroatoms. The summed E-state index contributed by atoms with van der Waals surface area (Å²) in [4.78, 5) is 22.6. The molecular formula is C23H26FN5O4S. The Morgan fingerprint density at radius 1 is 1.21 bits per heavy atom. The number of carbonyl (C=O) groups excluding carboxylic acids is 1. The molecule has 34 heavy (non-hydrogen) atoms. The standard InChI is InChI=1S/C23H26FN5O4S/c1-5-28-22(15(4)33-18-9-6-16(7-10-18)14(2)3)26-27-23(28)34-13-21(30)25-20-12-17(29(31)32)8-11-19(20)24/h6-12,14-15H,5,13H2,1-4H3,(H,25,30). The minimum absolute atomic E-state index is 0.0772. The third kappa shape index (κ3) is 6.10. The van der Waals surface area contributed by atoms with Crippen molar-refractivity contribution in [1.29, 1.82) is 0 Å². The minimum atomic E-state index is -0.754. The number of hydrogen-bond acceptors (Lipinski definition) is 7. The van der Waals surface area contributed by atoms with Gasteiger partial charge in [0.05, 0.1) is 16.4 Å². The van der Waals surface area contributed by atoms with Crippen LogP contribution in [0.2, 0.25) is 0 Å². The van der Waals surface area contributed by atoms with Crippen LogP contribution < -0.4 is 10.1 Å². The fourth-order valence-electron chi connectivity index (χ4n) is 3.23. The third-order valence-corrected chi connectivity index (χ3v) is 6.02. The van der Waals surface area contributed by atoms with Crippen LogP contribution in [0.15, 0.2) is 47.6 Å². The zero-order valence-electron chi connectivity index (χ0n) is 19.3. The monoisotopic (exact) mass is 487 g/mol. The summed E-state index contributed by atoms with van der Waals surface area (Å²) in [6, 6.07) is 10.9. The average Bonchev–Trinajstić information content (AvgIpc) is 3.22. The van der Waals surface area contributed by atoms with E-state index >= 15 is 0 Å². The van der Waals surface area contributed by atoms with Crippen molar-refractivity contribution in [2.45, 2.75) is 51.4 Å². The van der Waals surface area contributed by atoms with E-state index in [9.17, 15) is 19.3 Å². The highest BCUT2D eigenvalue weighted by Crippen LogP contribution is 2.27. The smallest absolute Gasteiger partial charge is 0.271 e. The third-order valence-electron chi connectivity index (χ3n) is 5.05. The Balaban J connectivity index is 1.64. The number of hydrogen-bond donors (Lipinski definition) is 1. The summed E-state index contributed by atoms with van der Waals surface area (Å²) in [5.74, 6) is 0.409. The van der Waals surface area contributed by atoms with E-state index in [0.29, 0.717) is 23.4 Å². The number of benzene rings is 2. The highest BCUT2D eigenvalue weighted by atomic mass is 32.2. The van der Waals surface area contributed by atoms with Gasteiger partial charge in [-0.3, -0.25) is 14.9 Å². The first-order valence-electron chi connectivity index (χ1n) is 10.8. The lowest BCUT2D eigenvalue weighted by molar-refractivity contribution is -0.384. The second kappa shape index (κ2) is 11.1. The van der Waals surface area contributed by atoms with Gasteiger partial charge < -0.3 is 14.6 Å². The number of rotatable bonds is 10. The lowest BCUT2D eigenvalue weighted by atomic mass is 10.0. The lowest BCUT2D eigenvalue weighted by Crippen LogP contribution is -2.16. The molecule has 1 unspecified atom stereocenters. The first kappa shape index (κ1) is 25.2. The van der Waals surface area contributed by atoms with Gasteiger partial charge in [-0.2, -0.15) is 0 Å². The molecule has 180 valence electrons. The Morgan fingerprint density at radius 3 is 2.53 bits per heavy atom. The van der Waals surface area contributed by atoms with Crippen LogP contribution in [0.4, 0.5) is 15.8 Å². The summed E-state index contributed by atoms with van der Waals surface area (Å²) >= 11 is 1.13. The number of nitrogens with zero attached hydrogens (tertiary/aromatic N) is 4. The number of non-ortho nitro benzene ring substituents is 1. The van der Waals surface area contributed by atoms with Gasteiger partial charge in [0.2, 0.25) is 5.91 Å². The molecular weight excluding hydrogens is 461 g/mol. The summed E-state index contributed by atoms with van der Waals surface area (Å²) in [6.45, 7) is 8.62. The number of ether oxygens (including phenoxy) is 1. The topological polar surface area (TPSA) is 112 Å². The van der Waals surface area contributed by atoms with Crippen molar-refractivity contribution in [1.82, 2.24) is 14.8 Å². The summed E-state index contributed by atoms with van der Waals surface area (Å²) < 4.78 is 21.8. The van der Waals surface area contributed by atoms with Crippen molar-refractivity contribution in [3.05, 3.63) is 69.8 Å². The summed E-state index contributed by atoms with van der Waals surface area (Å²) in [6.07, 6.45) is -0.375. The molecule has 3 rings (SSSR count). The van der Waals surface area contributed by atoms with E-state index in [1.807, 2.05) is 42.7 Å². The quantitative estimate of drug-likeness (QED) is 0.233. The molecule has 0 radical (unpaired) electrons. The van der Waals surface area contributed by atoms with Gasteiger partial charge in [-0.1, -0.05) is 37.7 Å². The number of nitro groups is 1. The molecule has 1 atom stereocenters. The Kier molecular flexibility index (Phi) is 8.21. The van der Waals surface area contributed by atoms with Crippen LogP contribution in [0.5, 0.6) is 5.75 Å². The van der Waals surface area contributed by atoms with Crippen LogP contribution >= 0.6 is 11.8 Å². The van der Waals surface area contributed by atoms with Crippen LogP contribution in [-0.4, -0.2) is 31.3 Å². The van der Waals surface area contributed by atoms with Gasteiger partial charge in [-0.15, -0.1) is 10.2 Å². The molecule has 0 fully saturated rings. The molecule has 0 aliphatic heterocycles. The Morgan fingerprint density at radius 2 is 1.91 bits per heavy atom. The molecule has 3 aromatic rings. The van der Waals surface area contributed by atoms with Crippen LogP contribution in [0.1, 0.15) is 51.1 Å². The van der Waals surface area contributed by atoms with Crippen LogP contribution in [-0.2, 0) is 11.3 Å². The zero-order chi connectivity index (χ0) is 24.8. The maximum atomic E-state index is 13.9. The molecule has 0 saturated carbocycles. The summed E-state index contributed by atoms with van der Waals surface area (Å²) in [5, 5.41) is 22.2. The lowest BCUT2D eigenvalue weighted by Gasteiger charge is -2.16. The first-order chi connectivity index (χ1) is 16.2. The van der Waals surface area contributed by atoms with Gasteiger partial charge >= 0.3 is 0 Å². The molecule has 0 aliphatic rings. The SMILES string of the molecule is CCn1c(SCC(=O)Nc2cc([N+](=O)[O-])ccc2F)nnc1C(C)Oc1ccc(C(C)C)cc1. The molecule has 1 N–H and O–H groups in total. The Hall–Kier alpha value is -3.47. The number of amides is 1. The van der Waals surface area contributed by atoms with Gasteiger partial charge in [0.25, 0.3) is 5.69 Å². The van der Waals surface area contributed by atoms with Crippen LogP contribution in [0.3, 0.4) is 0 Å². The van der Waals surface area contributed by atoms with Crippen molar-refractivity contribution in [3.8, 4) is 5.75 Å². The molecule has 1 amide bonds. The minimum Gasteiger partial charge on any atom is -0.483 e. The predicted molar refractivity (Wildman–Crippen MR) is 128 cm³/mol. The van der Waals surface area contributed by atoms with E-state index in [1.54, 1.807) is 0 Å². The highest BCUT2D eigenvalue weighted by Gasteiger charge is 2.20. The van der Waals surface area contributed by atoms with Crippen molar-refractivity contribution >= 4 is 29.0 Å². The first-order valence-corrected chi connectivity index (χ1v) is 11.7. The fourth-order valence-corrected chi connectivity index (χ4v) is 4.04. The van der Waals surface area contributed by atoms with Crippen molar-refractivity contribution in [2.75, 3.05) is 11.1 Å². The number of thioether (sulfide) groups is 1. The van der Waals surface area contributed by atoms with Gasteiger partial charge in [0.15, 0.2) is 17.1 Å². The van der Waals surface area contributed by atoms with Crippen LogP contribution in [0, 0.1) is 15.9 Å². The van der Waals surface area contributed by atoms with E-state index in [2.05, 4.69) is 29.4 Å². The molecule has 0 spiro atoms. The van der Waals surface area contributed by atoms with E-state index in [-0.39, 0.29) is 23.2 Å². The maximum Gasteiger partial charge on any atom is 0.271 e. The number of aromatic nitrogens is 3. The Labute approximate surface area is 200 Å². The van der Waals surface area contributed by atoms with E-state index < -0.39 is 16.6 Å². The fraction of sp³-hybridized carbons (Fsp3) is 0.348. The molecule has 0 bridgehead atoms.